The topological polar surface area (TPSA) is 48.1 Å². The van der Waals surface area contributed by atoms with Crippen molar-refractivity contribution in [2.24, 2.45) is 0 Å². The molecule has 1 aromatic heterocycles. The zero-order valence-electron chi connectivity index (χ0n) is 15.7. The first kappa shape index (κ1) is 20.6. The number of halogens is 1. The van der Waals surface area contributed by atoms with Crippen molar-refractivity contribution in [1.82, 2.24) is 4.57 Å². The molecule has 0 aliphatic heterocycles. The van der Waals surface area contributed by atoms with Gasteiger partial charge in [-0.1, -0.05) is 18.2 Å². The van der Waals surface area contributed by atoms with Crippen molar-refractivity contribution >= 4 is 0 Å². The second kappa shape index (κ2) is 11.1. The number of hydrogen-bond donors (Lipinski definition) is 2. The Kier molecular flexibility index (Phi) is 8.77. The lowest BCUT2D eigenvalue weighted by atomic mass is 10.2. The zero-order chi connectivity index (χ0) is 18.8. The number of ether oxygens (including phenoxy) is 2. The first-order chi connectivity index (χ1) is 12.6. The predicted octanol–water partition coefficient (Wildman–Crippen LogP) is 1.10. The molecule has 6 heteroatoms. The van der Waals surface area contributed by atoms with Crippen molar-refractivity contribution in [2.45, 2.75) is 25.6 Å². The molecule has 26 heavy (non-hydrogen) atoms. The summed E-state index contributed by atoms with van der Waals surface area (Å²) in [7, 11) is 3.28. The number of aliphatic hydroxyl groups excluding tert-OH is 1. The lowest BCUT2D eigenvalue weighted by Crippen LogP contribution is -3.12. The Morgan fingerprint density at radius 1 is 1.15 bits per heavy atom. The quantitative estimate of drug-likeness (QED) is 0.554. The van der Waals surface area contributed by atoms with Crippen molar-refractivity contribution in [3.05, 3.63) is 59.7 Å². The minimum absolute atomic E-state index is 0.188. The lowest BCUT2D eigenvalue weighted by molar-refractivity contribution is -0.917. The highest BCUT2D eigenvalue weighted by molar-refractivity contribution is 5.19. The number of rotatable bonds is 12. The van der Waals surface area contributed by atoms with E-state index in [2.05, 4.69) is 10.6 Å². The van der Waals surface area contributed by atoms with Gasteiger partial charge in [0.1, 0.15) is 25.0 Å². The molecule has 0 aliphatic rings. The van der Waals surface area contributed by atoms with E-state index in [1.54, 1.807) is 20.3 Å². The Morgan fingerprint density at radius 3 is 2.69 bits per heavy atom. The fraction of sp³-hybridized carbons (Fsp3) is 0.500. The summed E-state index contributed by atoms with van der Waals surface area (Å²) < 4.78 is 26.2. The van der Waals surface area contributed by atoms with E-state index in [0.717, 1.165) is 25.2 Å². The van der Waals surface area contributed by atoms with Crippen LogP contribution in [0.3, 0.4) is 0 Å². The smallest absolute Gasteiger partial charge is 0.128 e. The molecule has 1 heterocycles. The first-order valence-corrected chi connectivity index (χ1v) is 9.01. The Morgan fingerprint density at radius 2 is 1.96 bits per heavy atom. The van der Waals surface area contributed by atoms with Gasteiger partial charge in [0.05, 0.1) is 32.0 Å². The number of benzene rings is 1. The Balaban J connectivity index is 2.05. The zero-order valence-corrected chi connectivity index (χ0v) is 15.7. The van der Waals surface area contributed by atoms with Gasteiger partial charge in [-0.3, -0.25) is 0 Å². The summed E-state index contributed by atoms with van der Waals surface area (Å²) >= 11 is 0. The van der Waals surface area contributed by atoms with Crippen LogP contribution in [0.5, 0.6) is 0 Å². The second-order valence-electron chi connectivity index (χ2n) is 6.56. The highest BCUT2D eigenvalue weighted by Crippen LogP contribution is 2.11. The van der Waals surface area contributed by atoms with Gasteiger partial charge in [0.25, 0.3) is 0 Å². The summed E-state index contributed by atoms with van der Waals surface area (Å²) in [4.78, 5) is 1.25. The van der Waals surface area contributed by atoms with Gasteiger partial charge in [0.15, 0.2) is 0 Å². The van der Waals surface area contributed by atoms with E-state index < -0.39 is 6.10 Å². The van der Waals surface area contributed by atoms with Gasteiger partial charge in [0.2, 0.25) is 0 Å². The maximum atomic E-state index is 14.0. The van der Waals surface area contributed by atoms with Crippen molar-refractivity contribution < 1.29 is 23.9 Å². The second-order valence-corrected chi connectivity index (χ2v) is 6.56. The van der Waals surface area contributed by atoms with Gasteiger partial charge in [-0.25, -0.2) is 4.39 Å². The van der Waals surface area contributed by atoms with Crippen LogP contribution in [0.15, 0.2) is 42.6 Å². The number of aliphatic hydroxyl groups is 1. The molecule has 1 aromatic carbocycles. The van der Waals surface area contributed by atoms with Crippen LogP contribution >= 0.6 is 0 Å². The van der Waals surface area contributed by atoms with Crippen LogP contribution in [0.25, 0.3) is 0 Å². The van der Waals surface area contributed by atoms with Crippen molar-refractivity contribution in [1.29, 1.82) is 0 Å². The van der Waals surface area contributed by atoms with Crippen molar-refractivity contribution in [2.75, 3.05) is 40.5 Å². The average Bonchev–Trinajstić information content (AvgIpc) is 3.04. The van der Waals surface area contributed by atoms with Gasteiger partial charge < -0.3 is 24.0 Å². The summed E-state index contributed by atoms with van der Waals surface area (Å²) in [5.74, 6) is -0.188. The molecule has 2 atom stereocenters. The fourth-order valence-electron chi connectivity index (χ4n) is 3.14. The van der Waals surface area contributed by atoms with Crippen LogP contribution < -0.4 is 4.90 Å². The SMILES string of the molecule is COCCC[NH+](Cc1cccn1Cc1ccccc1F)C[C@H](O)COC. The van der Waals surface area contributed by atoms with Crippen LogP contribution in [0.2, 0.25) is 0 Å². The summed E-state index contributed by atoms with van der Waals surface area (Å²) in [6.45, 7) is 3.76. The van der Waals surface area contributed by atoms with Crippen molar-refractivity contribution in [3.63, 3.8) is 0 Å². The standard InChI is InChI=1S/C20H29FN2O3/c1-25-12-6-10-22(15-19(24)16-26-2)14-18-8-5-11-23(18)13-17-7-3-4-9-20(17)21/h3-5,7-9,11,19,24H,6,10,12-16H2,1-2H3/p+1/t19-/m0/s1. The maximum Gasteiger partial charge on any atom is 0.128 e. The Labute approximate surface area is 155 Å². The molecule has 144 valence electrons. The molecule has 2 rings (SSSR count). The third-order valence-electron chi connectivity index (χ3n) is 4.42. The number of quaternary nitrogens is 1. The largest absolute Gasteiger partial charge is 0.385 e. The number of aromatic nitrogens is 1. The van der Waals surface area contributed by atoms with E-state index >= 15 is 0 Å². The molecule has 0 aliphatic carbocycles. The minimum atomic E-state index is -0.507. The van der Waals surface area contributed by atoms with Crippen LogP contribution in [0, 0.1) is 5.82 Å². The van der Waals surface area contributed by atoms with E-state index in [4.69, 9.17) is 9.47 Å². The summed E-state index contributed by atoms with van der Waals surface area (Å²) in [5, 5.41) is 10.1. The molecule has 0 amide bonds. The summed E-state index contributed by atoms with van der Waals surface area (Å²) in [6.07, 6.45) is 2.38. The van der Waals surface area contributed by atoms with E-state index in [1.165, 1.54) is 11.0 Å². The average molecular weight is 365 g/mol. The third-order valence-corrected chi connectivity index (χ3v) is 4.42. The maximum absolute atomic E-state index is 14.0. The molecule has 2 N–H and O–H groups in total. The minimum Gasteiger partial charge on any atom is -0.385 e. The van der Waals surface area contributed by atoms with E-state index in [-0.39, 0.29) is 5.82 Å². The molecule has 2 aromatic rings. The van der Waals surface area contributed by atoms with Crippen molar-refractivity contribution in [3.8, 4) is 0 Å². The molecule has 0 fully saturated rings. The summed E-state index contributed by atoms with van der Waals surface area (Å²) in [5.41, 5.74) is 1.79. The Bertz CT molecular complexity index is 647. The molecule has 1 unspecified atom stereocenters. The normalized spacial score (nSPS) is 13.7. The van der Waals surface area contributed by atoms with Crippen LogP contribution in [-0.2, 0) is 22.6 Å². The highest BCUT2D eigenvalue weighted by Gasteiger charge is 2.17. The molecule has 0 radical (unpaired) electrons. The lowest BCUT2D eigenvalue weighted by Gasteiger charge is -2.23. The van der Waals surface area contributed by atoms with Crippen LogP contribution in [0.4, 0.5) is 4.39 Å². The summed E-state index contributed by atoms with van der Waals surface area (Å²) in [6, 6.07) is 10.9. The molecule has 0 spiro atoms. The number of methoxy groups -OCH3 is 2. The monoisotopic (exact) mass is 365 g/mol. The van der Waals surface area contributed by atoms with E-state index in [9.17, 15) is 9.50 Å². The number of nitrogens with one attached hydrogen (secondary N) is 1. The van der Waals surface area contributed by atoms with Gasteiger partial charge in [-0.15, -0.1) is 0 Å². The number of hydrogen-bond acceptors (Lipinski definition) is 3. The predicted molar refractivity (Wildman–Crippen MR) is 98.7 cm³/mol. The third kappa shape index (κ3) is 6.53. The first-order valence-electron chi connectivity index (χ1n) is 9.01. The van der Waals surface area contributed by atoms with Crippen LogP contribution in [0.1, 0.15) is 17.7 Å². The molecule has 5 nitrogen and oxygen atoms in total. The van der Waals surface area contributed by atoms with Gasteiger partial charge in [-0.2, -0.15) is 0 Å². The molecular weight excluding hydrogens is 335 g/mol. The number of nitrogens with zero attached hydrogens (tertiary/aromatic N) is 1. The van der Waals surface area contributed by atoms with Gasteiger partial charge >= 0.3 is 0 Å². The molecule has 0 bridgehead atoms. The molecule has 0 saturated heterocycles. The molecular formula is C20H30FN2O3+. The van der Waals surface area contributed by atoms with Crippen LogP contribution in [-0.4, -0.2) is 56.3 Å². The highest BCUT2D eigenvalue weighted by atomic mass is 19.1. The van der Waals surface area contributed by atoms with Gasteiger partial charge in [0, 0.05) is 32.4 Å². The van der Waals surface area contributed by atoms with E-state index in [1.807, 2.05) is 24.4 Å². The Hall–Kier alpha value is -1.73. The fourth-order valence-corrected chi connectivity index (χ4v) is 3.14. The van der Waals surface area contributed by atoms with E-state index in [0.29, 0.717) is 31.9 Å². The van der Waals surface area contributed by atoms with Gasteiger partial charge in [-0.05, 0) is 18.2 Å². The molecule has 0 saturated carbocycles.